The van der Waals surface area contributed by atoms with Crippen molar-refractivity contribution >= 4 is 0 Å². The summed E-state index contributed by atoms with van der Waals surface area (Å²) in [5.41, 5.74) is 0. The minimum absolute atomic E-state index is 0.391. The van der Waals surface area contributed by atoms with Crippen LogP contribution in [0, 0.1) is 11.8 Å². The molecule has 1 aliphatic rings. The van der Waals surface area contributed by atoms with Gasteiger partial charge in [0, 0.05) is 12.4 Å². The Balaban J connectivity index is 1.90. The van der Waals surface area contributed by atoms with E-state index in [2.05, 4.69) is 16.9 Å². The Morgan fingerprint density at radius 3 is 2.73 bits per heavy atom. The summed E-state index contributed by atoms with van der Waals surface area (Å²) >= 11 is 0. The van der Waals surface area contributed by atoms with Gasteiger partial charge < -0.3 is 10.1 Å². The van der Waals surface area contributed by atoms with Crippen LogP contribution in [0.1, 0.15) is 51.0 Å². The number of hydrogen-bond donors (Lipinski definition) is 2. The van der Waals surface area contributed by atoms with Gasteiger partial charge in [0.05, 0.1) is 0 Å². The number of nitrogens with zero attached hydrogens (tertiary/aromatic N) is 1. The molecule has 1 aromatic rings. The fraction of sp³-hybridized carbons (Fsp3) is 0.750. The van der Waals surface area contributed by atoms with Crippen LogP contribution in [0.15, 0.2) is 12.4 Å². The maximum Gasteiger partial charge on any atom is 0.135 e. The Bertz CT molecular complexity index is 276. The molecule has 0 radical (unpaired) electrons. The van der Waals surface area contributed by atoms with Crippen molar-refractivity contribution in [3.8, 4) is 0 Å². The Kier molecular flexibility index (Phi) is 3.41. The summed E-state index contributed by atoms with van der Waals surface area (Å²) in [6, 6.07) is 0. The van der Waals surface area contributed by atoms with Gasteiger partial charge in [-0.2, -0.15) is 0 Å². The first kappa shape index (κ1) is 10.7. The number of imidazole rings is 1. The molecular weight excluding hydrogens is 188 g/mol. The number of hydrogen-bond acceptors (Lipinski definition) is 2. The van der Waals surface area contributed by atoms with Crippen molar-refractivity contribution in [2.75, 3.05) is 0 Å². The average molecular weight is 208 g/mol. The van der Waals surface area contributed by atoms with Crippen molar-refractivity contribution < 1.29 is 5.11 Å². The first-order valence-corrected chi connectivity index (χ1v) is 5.98. The fourth-order valence-electron chi connectivity index (χ4n) is 2.57. The molecule has 0 amide bonds. The molecule has 3 heteroatoms. The number of aromatic nitrogens is 2. The number of nitrogens with one attached hydrogen (secondary N) is 1. The first-order chi connectivity index (χ1) is 7.31. The molecule has 0 spiro atoms. The second kappa shape index (κ2) is 4.79. The van der Waals surface area contributed by atoms with Crippen molar-refractivity contribution in [3.63, 3.8) is 0 Å². The molecule has 0 bridgehead atoms. The van der Waals surface area contributed by atoms with E-state index in [9.17, 15) is 5.11 Å². The van der Waals surface area contributed by atoms with E-state index in [0.717, 1.165) is 24.6 Å². The van der Waals surface area contributed by atoms with Crippen LogP contribution in [0.5, 0.6) is 0 Å². The van der Waals surface area contributed by atoms with Gasteiger partial charge in [-0.3, -0.25) is 0 Å². The van der Waals surface area contributed by atoms with Gasteiger partial charge in [0.1, 0.15) is 11.9 Å². The summed E-state index contributed by atoms with van der Waals surface area (Å²) in [7, 11) is 0. The van der Waals surface area contributed by atoms with Crippen LogP contribution in [0.4, 0.5) is 0 Å². The summed E-state index contributed by atoms with van der Waals surface area (Å²) in [5, 5.41) is 10.1. The molecule has 0 aromatic carbocycles. The molecule has 3 nitrogen and oxygen atoms in total. The molecule has 1 unspecified atom stereocenters. The Labute approximate surface area is 90.9 Å². The van der Waals surface area contributed by atoms with E-state index in [0.29, 0.717) is 5.92 Å². The third-order valence-electron chi connectivity index (χ3n) is 3.71. The molecule has 2 rings (SSSR count). The standard InChI is InChI=1S/C12H20N2O/c1-2-9-3-5-10(6-4-9)11(15)12-13-7-8-14-12/h7-11,15H,2-6H2,1H3,(H,13,14). The van der Waals surface area contributed by atoms with Gasteiger partial charge in [-0.25, -0.2) is 4.98 Å². The highest BCUT2D eigenvalue weighted by Gasteiger charge is 2.27. The lowest BCUT2D eigenvalue weighted by Crippen LogP contribution is -2.20. The molecule has 1 aliphatic carbocycles. The summed E-state index contributed by atoms with van der Waals surface area (Å²) < 4.78 is 0. The van der Waals surface area contributed by atoms with Gasteiger partial charge in [-0.05, 0) is 24.7 Å². The van der Waals surface area contributed by atoms with Gasteiger partial charge in [-0.15, -0.1) is 0 Å². The Hall–Kier alpha value is -0.830. The van der Waals surface area contributed by atoms with E-state index >= 15 is 0 Å². The minimum atomic E-state index is -0.391. The highest BCUT2D eigenvalue weighted by atomic mass is 16.3. The Morgan fingerprint density at radius 2 is 2.20 bits per heavy atom. The molecule has 84 valence electrons. The van der Waals surface area contributed by atoms with E-state index in [4.69, 9.17) is 0 Å². The summed E-state index contributed by atoms with van der Waals surface area (Å²) in [5.74, 6) is 2.01. The number of H-pyrrole nitrogens is 1. The molecule has 1 aromatic heterocycles. The lowest BCUT2D eigenvalue weighted by atomic mass is 9.78. The molecule has 0 aliphatic heterocycles. The molecule has 1 saturated carbocycles. The Morgan fingerprint density at radius 1 is 1.47 bits per heavy atom. The highest BCUT2D eigenvalue weighted by molar-refractivity contribution is 4.95. The summed E-state index contributed by atoms with van der Waals surface area (Å²) in [6.45, 7) is 2.26. The fourth-order valence-corrected chi connectivity index (χ4v) is 2.57. The largest absolute Gasteiger partial charge is 0.385 e. The molecule has 1 heterocycles. The third kappa shape index (κ3) is 2.40. The predicted octanol–water partition coefficient (Wildman–Crippen LogP) is 2.66. The van der Waals surface area contributed by atoms with Gasteiger partial charge >= 0.3 is 0 Å². The van der Waals surface area contributed by atoms with Crippen LogP contribution >= 0.6 is 0 Å². The zero-order valence-corrected chi connectivity index (χ0v) is 9.32. The van der Waals surface area contributed by atoms with Crippen molar-refractivity contribution in [3.05, 3.63) is 18.2 Å². The van der Waals surface area contributed by atoms with Crippen LogP contribution in [0.3, 0.4) is 0 Å². The molecule has 0 saturated heterocycles. The summed E-state index contributed by atoms with van der Waals surface area (Å²) in [4.78, 5) is 7.12. The number of aliphatic hydroxyl groups excluding tert-OH is 1. The quantitative estimate of drug-likeness (QED) is 0.802. The van der Waals surface area contributed by atoms with E-state index in [1.54, 1.807) is 12.4 Å². The maximum absolute atomic E-state index is 10.1. The second-order valence-corrected chi connectivity index (χ2v) is 4.61. The molecule has 2 N–H and O–H groups in total. The molecule has 15 heavy (non-hydrogen) atoms. The third-order valence-corrected chi connectivity index (χ3v) is 3.71. The van der Waals surface area contributed by atoms with Crippen LogP contribution in [-0.4, -0.2) is 15.1 Å². The predicted molar refractivity (Wildman–Crippen MR) is 59.3 cm³/mol. The topological polar surface area (TPSA) is 48.9 Å². The SMILES string of the molecule is CCC1CCC(C(O)c2ncc[nH]2)CC1. The van der Waals surface area contributed by atoms with Gasteiger partial charge in [0.15, 0.2) is 0 Å². The monoisotopic (exact) mass is 208 g/mol. The molecular formula is C12H20N2O. The van der Waals surface area contributed by atoms with Crippen molar-refractivity contribution in [1.29, 1.82) is 0 Å². The number of aliphatic hydroxyl groups is 1. The maximum atomic E-state index is 10.1. The van der Waals surface area contributed by atoms with Crippen molar-refractivity contribution in [2.45, 2.75) is 45.1 Å². The van der Waals surface area contributed by atoms with Gasteiger partial charge in [0.25, 0.3) is 0 Å². The summed E-state index contributed by atoms with van der Waals surface area (Å²) in [6.07, 6.45) is 9.17. The minimum Gasteiger partial charge on any atom is -0.385 e. The zero-order valence-electron chi connectivity index (χ0n) is 9.32. The molecule has 1 atom stereocenters. The van der Waals surface area contributed by atoms with Crippen LogP contribution in [0.2, 0.25) is 0 Å². The lowest BCUT2D eigenvalue weighted by molar-refractivity contribution is 0.0666. The van der Waals surface area contributed by atoms with Crippen LogP contribution < -0.4 is 0 Å². The van der Waals surface area contributed by atoms with Crippen LogP contribution in [0.25, 0.3) is 0 Å². The average Bonchev–Trinajstić information content (AvgIpc) is 2.82. The van der Waals surface area contributed by atoms with Gasteiger partial charge in [0.2, 0.25) is 0 Å². The van der Waals surface area contributed by atoms with E-state index < -0.39 is 6.10 Å². The van der Waals surface area contributed by atoms with E-state index in [-0.39, 0.29) is 0 Å². The number of rotatable bonds is 3. The number of aromatic amines is 1. The van der Waals surface area contributed by atoms with Crippen molar-refractivity contribution in [2.24, 2.45) is 11.8 Å². The first-order valence-electron chi connectivity index (χ1n) is 5.98. The normalized spacial score (nSPS) is 28.9. The van der Waals surface area contributed by atoms with Crippen molar-refractivity contribution in [1.82, 2.24) is 9.97 Å². The van der Waals surface area contributed by atoms with E-state index in [1.165, 1.54) is 19.3 Å². The smallest absolute Gasteiger partial charge is 0.135 e. The highest BCUT2D eigenvalue weighted by Crippen LogP contribution is 2.36. The van der Waals surface area contributed by atoms with Gasteiger partial charge in [-0.1, -0.05) is 26.2 Å². The van der Waals surface area contributed by atoms with Crippen LogP contribution in [-0.2, 0) is 0 Å². The second-order valence-electron chi connectivity index (χ2n) is 4.61. The lowest BCUT2D eigenvalue weighted by Gasteiger charge is -2.30. The van der Waals surface area contributed by atoms with E-state index in [1.807, 2.05) is 0 Å². The zero-order chi connectivity index (χ0) is 10.7. The molecule has 1 fully saturated rings.